The van der Waals surface area contributed by atoms with Crippen LogP contribution >= 0.6 is 11.3 Å². The summed E-state index contributed by atoms with van der Waals surface area (Å²) in [4.78, 5) is 28.2. The fraction of sp³-hybridized carbons (Fsp3) is 0.0769. The van der Waals surface area contributed by atoms with E-state index in [0.29, 0.717) is 12.2 Å². The van der Waals surface area contributed by atoms with Gasteiger partial charge in [0.05, 0.1) is 12.7 Å². The fourth-order valence-electron chi connectivity index (χ4n) is 1.85. The maximum absolute atomic E-state index is 12.1. The average Bonchev–Trinajstić information content (AvgIpc) is 3.03. The third-order valence-electron chi connectivity index (χ3n) is 2.77. The Labute approximate surface area is 122 Å². The van der Waals surface area contributed by atoms with Crippen LogP contribution in [0.5, 0.6) is 0 Å². The van der Waals surface area contributed by atoms with Gasteiger partial charge in [0.2, 0.25) is 0 Å². The van der Waals surface area contributed by atoms with Crippen molar-refractivity contribution in [2.24, 2.45) is 0 Å². The summed E-state index contributed by atoms with van der Waals surface area (Å²) in [5, 5.41) is 12.8. The number of carboxylic acids is 1. The summed E-state index contributed by atoms with van der Waals surface area (Å²) < 4.78 is 2.78. The molecule has 0 aliphatic carbocycles. The quantitative estimate of drug-likeness (QED) is 0.729. The zero-order chi connectivity index (χ0) is 14.8. The number of thiophene rings is 1. The van der Waals surface area contributed by atoms with E-state index < -0.39 is 5.97 Å². The van der Waals surface area contributed by atoms with Crippen molar-refractivity contribution < 1.29 is 9.90 Å². The summed E-state index contributed by atoms with van der Waals surface area (Å²) in [6.45, 7) is 0.339. The zero-order valence-corrected chi connectivity index (χ0v) is 11.5. The molecule has 8 heteroatoms. The van der Waals surface area contributed by atoms with E-state index in [4.69, 9.17) is 5.11 Å². The van der Waals surface area contributed by atoms with Crippen LogP contribution in [-0.4, -0.2) is 30.2 Å². The molecule has 7 nitrogen and oxygen atoms in total. The lowest BCUT2D eigenvalue weighted by Gasteiger charge is -1.94. The van der Waals surface area contributed by atoms with Gasteiger partial charge >= 0.3 is 11.7 Å². The molecule has 0 bridgehead atoms. The van der Waals surface area contributed by atoms with E-state index >= 15 is 0 Å². The zero-order valence-electron chi connectivity index (χ0n) is 10.7. The van der Waals surface area contributed by atoms with Gasteiger partial charge in [-0.25, -0.2) is 18.7 Å². The molecule has 0 spiro atoms. The fourth-order valence-corrected chi connectivity index (χ4v) is 2.75. The lowest BCUT2D eigenvalue weighted by molar-refractivity contribution is -0.131. The minimum absolute atomic E-state index is 0.233. The van der Waals surface area contributed by atoms with Gasteiger partial charge in [0.15, 0.2) is 5.65 Å². The third kappa shape index (κ3) is 2.75. The van der Waals surface area contributed by atoms with Crippen molar-refractivity contribution in [3.8, 4) is 0 Å². The molecule has 21 heavy (non-hydrogen) atoms. The molecule has 0 unspecified atom stereocenters. The van der Waals surface area contributed by atoms with Crippen LogP contribution in [0.3, 0.4) is 0 Å². The molecule has 0 aromatic carbocycles. The van der Waals surface area contributed by atoms with Crippen LogP contribution in [0.1, 0.15) is 9.75 Å². The second-order valence-corrected chi connectivity index (χ2v) is 5.42. The normalized spacial score (nSPS) is 11.4. The number of nitrogens with zero attached hydrogens (tertiary/aromatic N) is 4. The van der Waals surface area contributed by atoms with Crippen molar-refractivity contribution in [2.45, 2.75) is 6.54 Å². The second-order valence-electron chi connectivity index (χ2n) is 4.22. The Bertz CT molecular complexity index is 890. The predicted octanol–water partition coefficient (Wildman–Crippen LogP) is 1.10. The Kier molecular flexibility index (Phi) is 3.36. The van der Waals surface area contributed by atoms with Gasteiger partial charge in [-0.3, -0.25) is 4.98 Å². The van der Waals surface area contributed by atoms with Gasteiger partial charge in [-0.15, -0.1) is 16.4 Å². The number of fused-ring (bicyclic) bond motifs is 1. The number of aliphatic carboxylic acids is 1. The molecule has 1 N–H and O–H groups in total. The molecule has 0 aliphatic rings. The van der Waals surface area contributed by atoms with Crippen molar-refractivity contribution in [1.82, 2.24) is 19.2 Å². The maximum Gasteiger partial charge on any atom is 0.350 e. The molecule has 3 heterocycles. The topological polar surface area (TPSA) is 89.5 Å². The highest BCUT2D eigenvalue weighted by molar-refractivity contribution is 7.12. The molecule has 3 aromatic rings. The van der Waals surface area contributed by atoms with Crippen LogP contribution in [0.15, 0.2) is 41.6 Å². The Morgan fingerprint density at radius 3 is 3.05 bits per heavy atom. The van der Waals surface area contributed by atoms with Crippen LogP contribution in [0.2, 0.25) is 0 Å². The highest BCUT2D eigenvalue weighted by Gasteiger charge is 2.08. The monoisotopic (exact) mass is 302 g/mol. The molecule has 0 radical (unpaired) electrons. The van der Waals surface area contributed by atoms with Crippen molar-refractivity contribution in [1.29, 1.82) is 0 Å². The summed E-state index contributed by atoms with van der Waals surface area (Å²) >= 11 is 1.41. The summed E-state index contributed by atoms with van der Waals surface area (Å²) in [5.74, 6) is -0.992. The predicted molar refractivity (Wildman–Crippen MR) is 77.3 cm³/mol. The summed E-state index contributed by atoms with van der Waals surface area (Å²) in [7, 11) is 0. The SMILES string of the molecule is O=C(O)C=Cc1ccc(Cn2nc3cnccn3c2=O)s1. The number of aromatic nitrogens is 4. The van der Waals surface area contributed by atoms with Crippen LogP contribution in [0.4, 0.5) is 0 Å². The van der Waals surface area contributed by atoms with E-state index in [-0.39, 0.29) is 5.69 Å². The van der Waals surface area contributed by atoms with Crippen LogP contribution < -0.4 is 5.69 Å². The smallest absolute Gasteiger partial charge is 0.350 e. The molecule has 0 saturated heterocycles. The summed E-state index contributed by atoms with van der Waals surface area (Å²) in [6.07, 6.45) is 7.22. The first-order valence-electron chi connectivity index (χ1n) is 6.02. The third-order valence-corrected chi connectivity index (χ3v) is 3.80. The van der Waals surface area contributed by atoms with E-state index in [0.717, 1.165) is 15.8 Å². The van der Waals surface area contributed by atoms with Gasteiger partial charge in [0, 0.05) is 28.2 Å². The Morgan fingerprint density at radius 2 is 2.29 bits per heavy atom. The first-order valence-corrected chi connectivity index (χ1v) is 6.84. The lowest BCUT2D eigenvalue weighted by atomic mass is 10.4. The van der Waals surface area contributed by atoms with E-state index in [2.05, 4.69) is 10.1 Å². The molecule has 106 valence electrons. The second kappa shape index (κ2) is 5.33. The standard InChI is InChI=1S/C13H10N4O3S/c18-12(19)4-3-9-1-2-10(21-9)8-17-13(20)16-6-5-14-7-11(16)15-17/h1-7H,8H2,(H,18,19). The van der Waals surface area contributed by atoms with Crippen LogP contribution in [0.25, 0.3) is 11.7 Å². The first kappa shape index (κ1) is 13.3. The first-order chi connectivity index (χ1) is 10.1. The molecule has 0 saturated carbocycles. The minimum atomic E-state index is -0.992. The van der Waals surface area contributed by atoms with Crippen molar-refractivity contribution in [2.75, 3.05) is 0 Å². The van der Waals surface area contributed by atoms with Crippen LogP contribution in [-0.2, 0) is 11.3 Å². The Hall–Kier alpha value is -2.74. The largest absolute Gasteiger partial charge is 0.478 e. The Morgan fingerprint density at radius 1 is 1.43 bits per heavy atom. The molecule has 0 aliphatic heterocycles. The number of hydrogen-bond donors (Lipinski definition) is 1. The number of hydrogen-bond acceptors (Lipinski definition) is 5. The number of rotatable bonds is 4. The maximum atomic E-state index is 12.1. The lowest BCUT2D eigenvalue weighted by Crippen LogP contribution is -2.21. The van der Waals surface area contributed by atoms with E-state index in [9.17, 15) is 9.59 Å². The van der Waals surface area contributed by atoms with Gasteiger partial charge in [0.25, 0.3) is 0 Å². The van der Waals surface area contributed by atoms with Crippen molar-refractivity contribution in [3.63, 3.8) is 0 Å². The van der Waals surface area contributed by atoms with E-state index in [1.165, 1.54) is 38.9 Å². The summed E-state index contributed by atoms with van der Waals surface area (Å²) in [5.41, 5.74) is 0.258. The van der Waals surface area contributed by atoms with Gasteiger partial charge in [-0.1, -0.05) is 0 Å². The van der Waals surface area contributed by atoms with Gasteiger partial charge in [-0.2, -0.15) is 0 Å². The van der Waals surface area contributed by atoms with E-state index in [1.807, 2.05) is 12.1 Å². The number of carbonyl (C=O) groups is 1. The molecule has 3 aromatic heterocycles. The summed E-state index contributed by atoms with van der Waals surface area (Å²) in [6, 6.07) is 3.66. The van der Waals surface area contributed by atoms with Gasteiger partial charge in [0.1, 0.15) is 0 Å². The van der Waals surface area contributed by atoms with Crippen molar-refractivity contribution >= 4 is 29.0 Å². The van der Waals surface area contributed by atoms with E-state index in [1.54, 1.807) is 6.20 Å². The Balaban J connectivity index is 1.87. The molecule has 3 rings (SSSR count). The van der Waals surface area contributed by atoms with Crippen molar-refractivity contribution in [3.05, 3.63) is 57.0 Å². The molecule has 0 atom stereocenters. The highest BCUT2D eigenvalue weighted by atomic mass is 32.1. The molecular weight excluding hydrogens is 292 g/mol. The van der Waals surface area contributed by atoms with Gasteiger partial charge in [-0.05, 0) is 18.2 Å². The van der Waals surface area contributed by atoms with Crippen LogP contribution in [0, 0.1) is 0 Å². The minimum Gasteiger partial charge on any atom is -0.478 e. The average molecular weight is 302 g/mol. The highest BCUT2D eigenvalue weighted by Crippen LogP contribution is 2.18. The molecule has 0 fully saturated rings. The molecular formula is C13H10N4O3S. The molecule has 0 amide bonds. The number of carboxylic acid groups (broad SMARTS) is 1. The van der Waals surface area contributed by atoms with Gasteiger partial charge < -0.3 is 5.11 Å².